The average molecular weight is 368 g/mol. The number of likely N-dealkylation sites (tertiary alicyclic amines) is 1. The summed E-state index contributed by atoms with van der Waals surface area (Å²) in [5.41, 5.74) is -0.667. The summed E-state index contributed by atoms with van der Waals surface area (Å²) in [7, 11) is 0. The van der Waals surface area contributed by atoms with Gasteiger partial charge in [-0.25, -0.2) is 0 Å². The molecule has 0 unspecified atom stereocenters. The molecule has 7 heteroatoms. The fourth-order valence-corrected chi connectivity index (χ4v) is 3.41. The number of alkyl halides is 3. The van der Waals surface area contributed by atoms with Crippen LogP contribution in [-0.2, 0) is 15.8 Å². The van der Waals surface area contributed by atoms with Gasteiger partial charge in [-0.15, -0.1) is 0 Å². The molecule has 0 radical (unpaired) electrons. The number of benzene rings is 1. The van der Waals surface area contributed by atoms with Crippen molar-refractivity contribution >= 4 is 11.6 Å². The van der Waals surface area contributed by atoms with Gasteiger partial charge in [0.15, 0.2) is 0 Å². The molecule has 4 nitrogen and oxygen atoms in total. The lowest BCUT2D eigenvalue weighted by atomic mass is 9.84. The lowest BCUT2D eigenvalue weighted by Gasteiger charge is -2.39. The van der Waals surface area contributed by atoms with E-state index in [4.69, 9.17) is 4.84 Å². The third kappa shape index (κ3) is 3.71. The Labute approximate surface area is 151 Å². The quantitative estimate of drug-likeness (QED) is 0.744. The summed E-state index contributed by atoms with van der Waals surface area (Å²) in [4.78, 5) is 19.9. The Morgan fingerprint density at radius 3 is 2.42 bits per heavy atom. The average Bonchev–Trinajstić information content (AvgIpc) is 2.97. The largest absolute Gasteiger partial charge is 0.416 e. The molecule has 0 atom stereocenters. The number of nitrogens with zero attached hydrogens (tertiary/aromatic N) is 2. The number of rotatable bonds is 1. The number of hydrogen-bond donors (Lipinski definition) is 0. The van der Waals surface area contributed by atoms with E-state index in [1.165, 1.54) is 6.07 Å². The molecule has 0 aliphatic carbocycles. The monoisotopic (exact) mass is 368 g/mol. The van der Waals surface area contributed by atoms with E-state index >= 15 is 0 Å². The maximum atomic E-state index is 12.9. The van der Waals surface area contributed by atoms with Crippen LogP contribution in [0.2, 0.25) is 0 Å². The van der Waals surface area contributed by atoms with Crippen molar-refractivity contribution in [3.8, 4) is 0 Å². The second-order valence-electron chi connectivity index (χ2n) is 8.11. The van der Waals surface area contributed by atoms with Gasteiger partial charge in [-0.05, 0) is 12.1 Å². The Kier molecular flexibility index (Phi) is 4.53. The lowest BCUT2D eigenvalue weighted by molar-refractivity contribution is -0.145. The van der Waals surface area contributed by atoms with E-state index in [-0.39, 0.29) is 5.91 Å². The van der Waals surface area contributed by atoms with E-state index < -0.39 is 22.8 Å². The van der Waals surface area contributed by atoms with Gasteiger partial charge in [0.05, 0.1) is 11.3 Å². The molecule has 1 aromatic carbocycles. The van der Waals surface area contributed by atoms with Gasteiger partial charge in [0, 0.05) is 43.3 Å². The summed E-state index contributed by atoms with van der Waals surface area (Å²) in [6.45, 7) is 6.81. The van der Waals surface area contributed by atoms with E-state index in [1.54, 1.807) is 6.07 Å². The van der Waals surface area contributed by atoms with Gasteiger partial charge in [-0.1, -0.05) is 38.1 Å². The molecule has 1 fully saturated rings. The van der Waals surface area contributed by atoms with Crippen LogP contribution in [0.25, 0.3) is 0 Å². The molecule has 0 N–H and O–H groups in total. The van der Waals surface area contributed by atoms with Crippen LogP contribution >= 0.6 is 0 Å². The van der Waals surface area contributed by atoms with Crippen molar-refractivity contribution in [3.63, 3.8) is 0 Å². The molecule has 0 aromatic heterocycles. The smallest absolute Gasteiger partial charge is 0.388 e. The molecular formula is C19H23F3N2O2. The van der Waals surface area contributed by atoms with Crippen molar-refractivity contribution in [2.45, 2.75) is 51.8 Å². The highest BCUT2D eigenvalue weighted by Gasteiger charge is 2.44. The summed E-state index contributed by atoms with van der Waals surface area (Å²) in [6, 6.07) is 5.16. The molecule has 0 saturated carbocycles. The van der Waals surface area contributed by atoms with E-state index in [2.05, 4.69) is 5.16 Å². The lowest BCUT2D eigenvalue weighted by Crippen LogP contribution is -2.49. The molecule has 2 aliphatic rings. The molecule has 142 valence electrons. The van der Waals surface area contributed by atoms with E-state index in [9.17, 15) is 18.0 Å². The maximum absolute atomic E-state index is 12.9. The summed E-state index contributed by atoms with van der Waals surface area (Å²) in [5, 5.41) is 4.07. The highest BCUT2D eigenvalue weighted by atomic mass is 19.4. The van der Waals surface area contributed by atoms with Crippen molar-refractivity contribution in [2.75, 3.05) is 13.1 Å². The highest BCUT2D eigenvalue weighted by Crippen LogP contribution is 2.38. The summed E-state index contributed by atoms with van der Waals surface area (Å²) < 4.78 is 38.7. The minimum Gasteiger partial charge on any atom is -0.388 e. The Morgan fingerprint density at radius 2 is 1.85 bits per heavy atom. The van der Waals surface area contributed by atoms with E-state index in [1.807, 2.05) is 25.7 Å². The summed E-state index contributed by atoms with van der Waals surface area (Å²) in [5.74, 6) is 0.101. The van der Waals surface area contributed by atoms with E-state index in [0.717, 1.165) is 12.1 Å². The Balaban J connectivity index is 1.67. The zero-order valence-electron chi connectivity index (χ0n) is 15.2. The fourth-order valence-electron chi connectivity index (χ4n) is 3.41. The molecule has 2 aliphatic heterocycles. The number of amides is 1. The molecule has 1 spiro atoms. The standard InChI is InChI=1S/C19H23F3N2O2/c1-17(2,3)16(25)24-9-7-18(8-10-24)12-15(23-26-18)13-5-4-6-14(11-13)19(20,21)22/h4-6,11H,7-10,12H2,1-3H3. The summed E-state index contributed by atoms with van der Waals surface area (Å²) in [6.07, 6.45) is -2.67. The minimum atomic E-state index is -4.38. The first-order valence-corrected chi connectivity index (χ1v) is 8.72. The second-order valence-corrected chi connectivity index (χ2v) is 8.11. The topological polar surface area (TPSA) is 41.9 Å². The van der Waals surface area contributed by atoms with Gasteiger partial charge >= 0.3 is 6.18 Å². The van der Waals surface area contributed by atoms with Gasteiger partial charge in [0.1, 0.15) is 5.60 Å². The Morgan fingerprint density at radius 1 is 1.19 bits per heavy atom. The number of hydrogen-bond acceptors (Lipinski definition) is 3. The van der Waals surface area contributed by atoms with Crippen molar-refractivity contribution in [3.05, 3.63) is 35.4 Å². The molecule has 1 amide bonds. The first-order valence-electron chi connectivity index (χ1n) is 8.72. The molecule has 2 heterocycles. The first-order chi connectivity index (χ1) is 12.0. The molecule has 3 rings (SSSR count). The first kappa shape index (κ1) is 18.7. The Bertz CT molecular complexity index is 727. The zero-order chi connectivity index (χ0) is 19.2. The predicted octanol–water partition coefficient (Wildman–Crippen LogP) is 4.24. The van der Waals surface area contributed by atoms with Crippen molar-refractivity contribution < 1.29 is 22.8 Å². The molecular weight excluding hydrogens is 345 g/mol. The zero-order valence-corrected chi connectivity index (χ0v) is 15.2. The van der Waals surface area contributed by atoms with Gasteiger partial charge in [-0.2, -0.15) is 13.2 Å². The normalized spacial score (nSPS) is 20.1. The van der Waals surface area contributed by atoms with Crippen LogP contribution < -0.4 is 0 Å². The Hall–Kier alpha value is -2.05. The third-order valence-electron chi connectivity index (χ3n) is 4.97. The minimum absolute atomic E-state index is 0.101. The molecule has 26 heavy (non-hydrogen) atoms. The van der Waals surface area contributed by atoms with Crippen LogP contribution in [0.3, 0.4) is 0 Å². The second kappa shape index (κ2) is 6.28. The van der Waals surface area contributed by atoms with Crippen molar-refractivity contribution in [2.24, 2.45) is 10.6 Å². The van der Waals surface area contributed by atoms with Gasteiger partial charge < -0.3 is 9.74 Å². The van der Waals surface area contributed by atoms with Gasteiger partial charge in [0.2, 0.25) is 5.91 Å². The molecule has 0 bridgehead atoms. The SMILES string of the molecule is CC(C)(C)C(=O)N1CCC2(CC1)CC(c1cccc(C(F)(F)F)c1)=NO2. The highest BCUT2D eigenvalue weighted by molar-refractivity contribution is 6.01. The van der Waals surface area contributed by atoms with Crippen molar-refractivity contribution in [1.82, 2.24) is 4.90 Å². The van der Waals surface area contributed by atoms with Crippen LogP contribution in [0.1, 0.15) is 51.2 Å². The summed E-state index contributed by atoms with van der Waals surface area (Å²) >= 11 is 0. The van der Waals surface area contributed by atoms with Crippen LogP contribution in [0.4, 0.5) is 13.2 Å². The third-order valence-corrected chi connectivity index (χ3v) is 4.97. The van der Waals surface area contributed by atoms with Crippen LogP contribution in [-0.4, -0.2) is 35.2 Å². The van der Waals surface area contributed by atoms with Gasteiger partial charge in [-0.3, -0.25) is 4.79 Å². The molecule has 1 aromatic rings. The van der Waals surface area contributed by atoms with Gasteiger partial charge in [0.25, 0.3) is 0 Å². The predicted molar refractivity (Wildman–Crippen MR) is 91.7 cm³/mol. The number of piperidine rings is 1. The van der Waals surface area contributed by atoms with Crippen LogP contribution in [0, 0.1) is 5.41 Å². The van der Waals surface area contributed by atoms with Crippen LogP contribution in [0.5, 0.6) is 0 Å². The van der Waals surface area contributed by atoms with E-state index in [0.29, 0.717) is 43.6 Å². The fraction of sp³-hybridized carbons (Fsp3) is 0.579. The number of carbonyl (C=O) groups is 1. The number of oxime groups is 1. The number of halogens is 3. The molecule has 1 saturated heterocycles. The maximum Gasteiger partial charge on any atom is 0.416 e. The van der Waals surface area contributed by atoms with Crippen molar-refractivity contribution in [1.29, 1.82) is 0 Å². The number of carbonyl (C=O) groups excluding carboxylic acids is 1. The van der Waals surface area contributed by atoms with Crippen LogP contribution in [0.15, 0.2) is 29.4 Å².